The van der Waals surface area contributed by atoms with Crippen molar-refractivity contribution >= 4 is 6.09 Å². The number of nitrogens with one attached hydrogen (secondary N) is 2. The van der Waals surface area contributed by atoms with Crippen LogP contribution in [-0.4, -0.2) is 58.3 Å². The fraction of sp³-hybridized carbons (Fsp3) is 0.441. The number of hydrogen-bond donors (Lipinski definition) is 3. The number of aliphatic hydroxyl groups is 1. The van der Waals surface area contributed by atoms with Crippen LogP contribution in [0, 0.1) is 12.8 Å². The van der Waals surface area contributed by atoms with Gasteiger partial charge in [0.2, 0.25) is 0 Å². The van der Waals surface area contributed by atoms with Crippen molar-refractivity contribution in [2.45, 2.75) is 44.8 Å². The molecule has 220 valence electrons. The highest BCUT2D eigenvalue weighted by Gasteiger charge is 2.41. The van der Waals surface area contributed by atoms with Gasteiger partial charge in [-0.1, -0.05) is 73.7 Å². The monoisotopic (exact) mass is 560 g/mol. The Labute approximate surface area is 244 Å². The summed E-state index contributed by atoms with van der Waals surface area (Å²) >= 11 is 0. The predicted molar refractivity (Wildman–Crippen MR) is 162 cm³/mol. The molecule has 1 saturated heterocycles. The number of carbonyl (C=O) groups excluding carboxylic acids is 1. The van der Waals surface area contributed by atoms with E-state index in [0.29, 0.717) is 51.7 Å². The van der Waals surface area contributed by atoms with Crippen molar-refractivity contribution in [1.29, 1.82) is 0 Å². The van der Waals surface area contributed by atoms with Crippen LogP contribution in [0.4, 0.5) is 4.79 Å². The van der Waals surface area contributed by atoms with Gasteiger partial charge in [-0.3, -0.25) is 0 Å². The third-order valence-corrected chi connectivity index (χ3v) is 8.01. The molecule has 7 heteroatoms. The van der Waals surface area contributed by atoms with E-state index >= 15 is 0 Å². The fourth-order valence-electron chi connectivity index (χ4n) is 5.81. The van der Waals surface area contributed by atoms with Crippen LogP contribution in [0.5, 0.6) is 0 Å². The van der Waals surface area contributed by atoms with Gasteiger partial charge in [0.1, 0.15) is 0 Å². The molecular weight excluding hydrogens is 516 g/mol. The number of aryl methyl sites for hydroxylation is 1. The normalized spacial score (nSPS) is 19.5. The molecule has 1 aliphatic heterocycles. The first-order valence-electron chi connectivity index (χ1n) is 14.5. The van der Waals surface area contributed by atoms with Gasteiger partial charge in [-0.2, -0.15) is 0 Å². The lowest BCUT2D eigenvalue weighted by molar-refractivity contribution is -0.0156. The molecular formula is C34H44N2O5. The quantitative estimate of drug-likeness (QED) is 0.278. The second-order valence-corrected chi connectivity index (χ2v) is 11.1. The number of benzene rings is 3. The molecule has 1 fully saturated rings. The number of rotatable bonds is 12. The Morgan fingerprint density at radius 3 is 2.61 bits per heavy atom. The number of ether oxygens (including phenoxy) is 3. The average Bonchev–Trinajstić information content (AvgIpc) is 2.98. The van der Waals surface area contributed by atoms with Crippen molar-refractivity contribution in [2.24, 2.45) is 5.92 Å². The maximum atomic E-state index is 12.1. The summed E-state index contributed by atoms with van der Waals surface area (Å²) in [5.74, 6) is 0.268. The maximum absolute atomic E-state index is 12.1. The van der Waals surface area contributed by atoms with Gasteiger partial charge in [0.15, 0.2) is 0 Å². The summed E-state index contributed by atoms with van der Waals surface area (Å²) in [6.45, 7) is 8.07. The van der Waals surface area contributed by atoms with Gasteiger partial charge in [0, 0.05) is 32.0 Å². The zero-order chi connectivity index (χ0) is 29.2. The second kappa shape index (κ2) is 14.6. The van der Waals surface area contributed by atoms with E-state index in [2.05, 4.69) is 83.8 Å². The van der Waals surface area contributed by atoms with Gasteiger partial charge in [0.25, 0.3) is 0 Å². The highest BCUT2D eigenvalue weighted by atomic mass is 16.5. The zero-order valence-electron chi connectivity index (χ0n) is 24.7. The van der Waals surface area contributed by atoms with Gasteiger partial charge in [0.05, 0.1) is 32.5 Å². The van der Waals surface area contributed by atoms with Crippen molar-refractivity contribution in [3.63, 3.8) is 0 Å². The Kier molecular flexibility index (Phi) is 10.9. The molecule has 3 aromatic rings. The SMILES string of the molecule is COC[C@H](C)COCc1ccc([C@@]2(O)CCNC[C@@H]2c2ccc(-c3ccccc3CCNC(=O)OC)cc2C)cc1. The number of carbonyl (C=O) groups is 1. The van der Waals surface area contributed by atoms with E-state index in [0.717, 1.165) is 45.5 Å². The van der Waals surface area contributed by atoms with Crippen LogP contribution in [0.25, 0.3) is 11.1 Å². The summed E-state index contributed by atoms with van der Waals surface area (Å²) in [7, 11) is 3.08. The Bertz CT molecular complexity index is 1280. The first kappa shape index (κ1) is 30.7. The van der Waals surface area contributed by atoms with Crippen molar-refractivity contribution in [2.75, 3.05) is 47.1 Å². The minimum Gasteiger partial charge on any atom is -0.453 e. The molecule has 0 unspecified atom stereocenters. The first-order valence-corrected chi connectivity index (χ1v) is 14.5. The van der Waals surface area contributed by atoms with E-state index in [9.17, 15) is 9.90 Å². The Hall–Kier alpha value is -3.23. The fourth-order valence-corrected chi connectivity index (χ4v) is 5.81. The van der Waals surface area contributed by atoms with Crippen LogP contribution in [0.3, 0.4) is 0 Å². The average molecular weight is 561 g/mol. The van der Waals surface area contributed by atoms with Gasteiger partial charge >= 0.3 is 6.09 Å². The Balaban J connectivity index is 1.51. The smallest absolute Gasteiger partial charge is 0.406 e. The van der Waals surface area contributed by atoms with Crippen molar-refractivity contribution in [1.82, 2.24) is 10.6 Å². The van der Waals surface area contributed by atoms with E-state index in [1.165, 1.54) is 7.11 Å². The molecule has 0 radical (unpaired) electrons. The molecule has 1 amide bonds. The Morgan fingerprint density at radius 2 is 1.88 bits per heavy atom. The van der Waals surface area contributed by atoms with E-state index in [-0.39, 0.29) is 5.92 Å². The minimum atomic E-state index is -0.971. The van der Waals surface area contributed by atoms with E-state index in [4.69, 9.17) is 9.47 Å². The summed E-state index contributed by atoms with van der Waals surface area (Å²) in [6, 6.07) is 23.0. The van der Waals surface area contributed by atoms with Crippen molar-refractivity contribution < 1.29 is 24.1 Å². The van der Waals surface area contributed by atoms with Gasteiger partial charge in [-0.15, -0.1) is 0 Å². The van der Waals surface area contributed by atoms with Crippen LogP contribution in [-0.2, 0) is 32.8 Å². The van der Waals surface area contributed by atoms with Gasteiger partial charge in [-0.25, -0.2) is 4.79 Å². The molecule has 3 atom stereocenters. The van der Waals surface area contributed by atoms with E-state index < -0.39 is 11.7 Å². The molecule has 3 N–H and O–H groups in total. The van der Waals surface area contributed by atoms with Crippen LogP contribution < -0.4 is 10.6 Å². The van der Waals surface area contributed by atoms with Crippen LogP contribution >= 0.6 is 0 Å². The number of piperidine rings is 1. The molecule has 4 rings (SSSR count). The lowest BCUT2D eigenvalue weighted by Crippen LogP contribution is -2.46. The highest BCUT2D eigenvalue weighted by molar-refractivity contribution is 5.69. The van der Waals surface area contributed by atoms with Crippen LogP contribution in [0.15, 0.2) is 66.7 Å². The molecule has 7 nitrogen and oxygen atoms in total. The molecule has 0 saturated carbocycles. The molecule has 0 spiro atoms. The third-order valence-electron chi connectivity index (χ3n) is 8.01. The molecule has 0 aromatic heterocycles. The predicted octanol–water partition coefficient (Wildman–Crippen LogP) is 5.32. The molecule has 0 bridgehead atoms. The number of methoxy groups -OCH3 is 2. The molecule has 1 aliphatic rings. The summed E-state index contributed by atoms with van der Waals surface area (Å²) in [5, 5.41) is 18.4. The maximum Gasteiger partial charge on any atom is 0.406 e. The van der Waals surface area contributed by atoms with Crippen molar-refractivity contribution in [3.05, 3.63) is 94.5 Å². The zero-order valence-corrected chi connectivity index (χ0v) is 24.7. The summed E-state index contributed by atoms with van der Waals surface area (Å²) in [5.41, 5.74) is 6.77. The standard InChI is InChI=1S/C34H44N2O5/c1-24(21-39-3)22-41-23-26-9-12-29(13-10-26)34(38)16-18-35-20-32(34)30-14-11-28(19-25(30)2)31-8-6-5-7-27(31)15-17-36-33(37)40-4/h5-14,19,24,32,35,38H,15-18,20-23H2,1-4H3,(H,36,37)/t24-,32+,34-/m0/s1. The molecule has 1 heterocycles. The van der Waals surface area contributed by atoms with Gasteiger partial charge < -0.3 is 30.0 Å². The third kappa shape index (κ3) is 7.74. The largest absolute Gasteiger partial charge is 0.453 e. The van der Waals surface area contributed by atoms with Crippen LogP contribution in [0.2, 0.25) is 0 Å². The number of alkyl carbamates (subject to hydrolysis) is 1. The lowest BCUT2D eigenvalue weighted by atomic mass is 9.72. The topological polar surface area (TPSA) is 89.0 Å². The summed E-state index contributed by atoms with van der Waals surface area (Å²) < 4.78 is 15.7. The highest BCUT2D eigenvalue weighted by Crippen LogP contribution is 2.43. The number of hydrogen-bond acceptors (Lipinski definition) is 6. The minimum absolute atomic E-state index is 0.0817. The summed E-state index contributed by atoms with van der Waals surface area (Å²) in [4.78, 5) is 11.5. The molecule has 0 aliphatic carbocycles. The van der Waals surface area contributed by atoms with E-state index in [1.807, 2.05) is 12.1 Å². The molecule has 3 aromatic carbocycles. The lowest BCUT2D eigenvalue weighted by Gasteiger charge is -2.42. The first-order chi connectivity index (χ1) is 19.9. The van der Waals surface area contributed by atoms with E-state index in [1.54, 1.807) is 7.11 Å². The second-order valence-electron chi connectivity index (χ2n) is 11.1. The van der Waals surface area contributed by atoms with Crippen molar-refractivity contribution in [3.8, 4) is 11.1 Å². The summed E-state index contributed by atoms with van der Waals surface area (Å²) in [6.07, 6.45) is 0.914. The van der Waals surface area contributed by atoms with Crippen LogP contribution in [0.1, 0.15) is 47.1 Å². The number of amides is 1. The van der Waals surface area contributed by atoms with Gasteiger partial charge in [-0.05, 0) is 65.3 Å². The molecule has 41 heavy (non-hydrogen) atoms. The Morgan fingerprint density at radius 1 is 1.10 bits per heavy atom.